The van der Waals surface area contributed by atoms with Gasteiger partial charge in [0.2, 0.25) is 0 Å². The maximum absolute atomic E-state index is 13.3. The van der Waals surface area contributed by atoms with Gasteiger partial charge in [-0.1, -0.05) is 6.07 Å². The second-order valence-corrected chi connectivity index (χ2v) is 8.74. The van der Waals surface area contributed by atoms with Crippen molar-refractivity contribution in [1.29, 1.82) is 0 Å². The molecule has 0 saturated heterocycles. The number of alkyl halides is 3. The van der Waals surface area contributed by atoms with Crippen molar-refractivity contribution >= 4 is 32.4 Å². The van der Waals surface area contributed by atoms with E-state index < -0.39 is 21.8 Å². The van der Waals surface area contributed by atoms with Crippen LogP contribution in [0.5, 0.6) is 0 Å². The molecule has 0 aliphatic rings. The van der Waals surface area contributed by atoms with Crippen molar-refractivity contribution in [2.24, 2.45) is 0 Å². The van der Waals surface area contributed by atoms with Crippen molar-refractivity contribution in [2.45, 2.75) is 17.6 Å². The predicted octanol–water partition coefficient (Wildman–Crippen LogP) is 4.15. The van der Waals surface area contributed by atoms with E-state index in [1.165, 1.54) is 49.1 Å². The Morgan fingerprint density at radius 1 is 1.09 bits per heavy atom. The molecule has 1 aromatic carbocycles. The van der Waals surface area contributed by atoms with Gasteiger partial charge in [0.05, 0.1) is 11.1 Å². The van der Waals surface area contributed by atoms with Gasteiger partial charge >= 0.3 is 6.18 Å². The minimum absolute atomic E-state index is 0.00430. The van der Waals surface area contributed by atoms with Crippen LogP contribution in [-0.4, -0.2) is 29.4 Å². The monoisotopic (exact) mass is 461 g/mol. The molecule has 0 aliphatic carbocycles. The normalized spacial score (nSPS) is 12.2. The number of hydrogen-bond donors (Lipinski definition) is 2. The van der Waals surface area contributed by atoms with Crippen molar-refractivity contribution in [3.8, 4) is 0 Å². The Balaban J connectivity index is 1.85. The zero-order valence-electron chi connectivity index (χ0n) is 16.8. The Morgan fingerprint density at radius 3 is 2.56 bits per heavy atom. The summed E-state index contributed by atoms with van der Waals surface area (Å²) in [4.78, 5) is 7.67. The summed E-state index contributed by atoms with van der Waals surface area (Å²) in [5.74, 6) is -0.372. The van der Waals surface area contributed by atoms with Gasteiger partial charge in [-0.05, 0) is 49.0 Å². The highest BCUT2D eigenvalue weighted by Crippen LogP contribution is 2.35. The van der Waals surface area contributed by atoms with Crippen molar-refractivity contribution < 1.29 is 21.6 Å². The minimum Gasteiger partial charge on any atom is -0.340 e. The van der Waals surface area contributed by atoms with Gasteiger partial charge in [0.1, 0.15) is 10.7 Å². The summed E-state index contributed by atoms with van der Waals surface area (Å²) < 4.78 is 67.6. The molecular weight excluding hydrogens is 443 g/mol. The summed E-state index contributed by atoms with van der Waals surface area (Å²) in [6, 6.07) is 9.79. The Kier molecular flexibility index (Phi) is 5.61. The lowest BCUT2D eigenvalue weighted by molar-refractivity contribution is -0.137. The molecule has 3 heterocycles. The average Bonchev–Trinajstić information content (AvgIpc) is 3.13. The van der Waals surface area contributed by atoms with Crippen LogP contribution in [0.25, 0.3) is 10.9 Å². The molecule has 11 heteroatoms. The second-order valence-electron chi connectivity index (χ2n) is 6.93. The smallest absolute Gasteiger partial charge is 0.340 e. The van der Waals surface area contributed by atoms with Gasteiger partial charge in [0.15, 0.2) is 0 Å². The lowest BCUT2D eigenvalue weighted by Crippen LogP contribution is -2.12. The van der Waals surface area contributed by atoms with Crippen LogP contribution in [0.15, 0.2) is 72.1 Å². The third kappa shape index (κ3) is 4.04. The van der Waals surface area contributed by atoms with Crippen LogP contribution in [0.1, 0.15) is 11.1 Å². The molecule has 0 spiro atoms. The van der Waals surface area contributed by atoms with Crippen LogP contribution >= 0.6 is 0 Å². The van der Waals surface area contributed by atoms with Gasteiger partial charge in [-0.25, -0.2) is 17.4 Å². The fourth-order valence-electron chi connectivity index (χ4n) is 3.36. The first-order valence-corrected chi connectivity index (χ1v) is 10.9. The van der Waals surface area contributed by atoms with Crippen molar-refractivity contribution in [3.63, 3.8) is 0 Å². The van der Waals surface area contributed by atoms with E-state index in [9.17, 15) is 21.6 Å². The molecule has 166 valence electrons. The highest BCUT2D eigenvalue weighted by atomic mass is 32.2. The number of pyridine rings is 2. The highest BCUT2D eigenvalue weighted by molar-refractivity contribution is 7.90. The van der Waals surface area contributed by atoms with Gasteiger partial charge in [-0.3, -0.25) is 4.98 Å². The first-order valence-electron chi connectivity index (χ1n) is 9.45. The van der Waals surface area contributed by atoms with E-state index in [1.807, 2.05) is 0 Å². The Bertz CT molecular complexity index is 1370. The standard InChI is InChI=1S/C21H18F3N5O2S/c1-25-11-14-13-29(32(30,31)16-4-2-8-26-12-16)19-10-15(6-7-17(14)19)28-20-18(21(22,23)24)5-3-9-27-20/h2-10,12-13,25H,11H2,1H3,(H,27,28). The molecule has 0 amide bonds. The fraction of sp³-hybridized carbons (Fsp3) is 0.143. The number of benzene rings is 1. The molecule has 0 radical (unpaired) electrons. The van der Waals surface area contributed by atoms with Gasteiger partial charge in [0.25, 0.3) is 10.0 Å². The highest BCUT2D eigenvalue weighted by Gasteiger charge is 2.34. The number of nitrogens with one attached hydrogen (secondary N) is 2. The van der Waals surface area contributed by atoms with Crippen molar-refractivity contribution in [2.75, 3.05) is 12.4 Å². The zero-order chi connectivity index (χ0) is 22.9. The maximum Gasteiger partial charge on any atom is 0.419 e. The molecule has 7 nitrogen and oxygen atoms in total. The van der Waals surface area contributed by atoms with E-state index >= 15 is 0 Å². The van der Waals surface area contributed by atoms with Gasteiger partial charge in [-0.15, -0.1) is 0 Å². The van der Waals surface area contributed by atoms with Gasteiger partial charge < -0.3 is 10.6 Å². The number of fused-ring (bicyclic) bond motifs is 1. The van der Waals surface area contributed by atoms with E-state index in [-0.39, 0.29) is 16.4 Å². The van der Waals surface area contributed by atoms with Crippen LogP contribution in [0.4, 0.5) is 24.7 Å². The molecular formula is C21H18F3N5O2S. The molecule has 0 atom stereocenters. The molecule has 0 unspecified atom stereocenters. The fourth-order valence-corrected chi connectivity index (χ4v) is 4.71. The predicted molar refractivity (Wildman–Crippen MR) is 114 cm³/mol. The summed E-state index contributed by atoms with van der Waals surface area (Å²) in [7, 11) is -2.25. The van der Waals surface area contributed by atoms with Crippen molar-refractivity contribution in [1.82, 2.24) is 19.3 Å². The lowest BCUT2D eigenvalue weighted by Gasteiger charge is -2.14. The van der Waals surface area contributed by atoms with E-state index in [0.29, 0.717) is 17.4 Å². The van der Waals surface area contributed by atoms with E-state index in [0.717, 1.165) is 15.6 Å². The zero-order valence-corrected chi connectivity index (χ0v) is 17.6. The number of halogens is 3. The molecule has 4 aromatic rings. The molecule has 2 N–H and O–H groups in total. The number of anilines is 2. The minimum atomic E-state index is -4.59. The third-order valence-electron chi connectivity index (χ3n) is 4.79. The summed E-state index contributed by atoms with van der Waals surface area (Å²) in [5.41, 5.74) is 0.372. The number of aromatic nitrogens is 3. The van der Waals surface area contributed by atoms with E-state index in [1.54, 1.807) is 19.2 Å². The molecule has 0 aliphatic heterocycles. The Labute approximate surface area is 182 Å². The first-order chi connectivity index (χ1) is 15.2. The largest absolute Gasteiger partial charge is 0.419 e. The summed E-state index contributed by atoms with van der Waals surface area (Å²) in [5, 5.41) is 6.30. The van der Waals surface area contributed by atoms with Crippen LogP contribution < -0.4 is 10.6 Å². The third-order valence-corrected chi connectivity index (χ3v) is 6.45. The molecule has 0 fully saturated rings. The van der Waals surface area contributed by atoms with Gasteiger partial charge in [-0.2, -0.15) is 13.2 Å². The molecule has 0 bridgehead atoms. The number of rotatable bonds is 6. The van der Waals surface area contributed by atoms with Crippen LogP contribution in [0, 0.1) is 0 Å². The maximum atomic E-state index is 13.3. The SMILES string of the molecule is CNCc1cn(S(=O)(=O)c2cccnc2)c2cc(Nc3ncccc3C(F)(F)F)ccc12. The average molecular weight is 461 g/mol. The molecule has 4 rings (SSSR count). The quantitative estimate of drug-likeness (QED) is 0.449. The number of nitrogens with zero attached hydrogens (tertiary/aromatic N) is 3. The van der Waals surface area contributed by atoms with E-state index in [2.05, 4.69) is 20.6 Å². The summed E-state index contributed by atoms with van der Waals surface area (Å²) >= 11 is 0. The topological polar surface area (TPSA) is 88.9 Å². The summed E-state index contributed by atoms with van der Waals surface area (Å²) in [6.07, 6.45) is 0.854. The summed E-state index contributed by atoms with van der Waals surface area (Å²) in [6.45, 7) is 0.400. The second kappa shape index (κ2) is 8.24. The Morgan fingerprint density at radius 2 is 1.88 bits per heavy atom. The van der Waals surface area contributed by atoms with Crippen LogP contribution in [-0.2, 0) is 22.7 Å². The molecule has 32 heavy (non-hydrogen) atoms. The first kappa shape index (κ1) is 21.8. The molecule has 3 aromatic heterocycles. The number of hydrogen-bond acceptors (Lipinski definition) is 6. The Hall–Kier alpha value is -3.44. The van der Waals surface area contributed by atoms with E-state index in [4.69, 9.17) is 0 Å². The van der Waals surface area contributed by atoms with Crippen LogP contribution in [0.3, 0.4) is 0 Å². The van der Waals surface area contributed by atoms with Gasteiger partial charge in [0, 0.05) is 42.4 Å². The van der Waals surface area contributed by atoms with Crippen LogP contribution in [0.2, 0.25) is 0 Å². The van der Waals surface area contributed by atoms with Crippen molar-refractivity contribution in [3.05, 3.63) is 78.4 Å². The molecule has 0 saturated carbocycles. The lowest BCUT2D eigenvalue weighted by atomic mass is 10.1.